The molecule has 0 spiro atoms. The van der Waals surface area contributed by atoms with Gasteiger partial charge in [-0.15, -0.1) is 0 Å². The van der Waals surface area contributed by atoms with Crippen LogP contribution >= 0.6 is 11.6 Å². The lowest BCUT2D eigenvalue weighted by Gasteiger charge is -2.37. The maximum absolute atomic E-state index is 12.4. The minimum Gasteiger partial charge on any atom is -0.383 e. The number of carbonyl (C=O) groups excluding carboxylic acids is 3. The molecule has 11 aromatic rings. The second-order valence-electron chi connectivity index (χ2n) is 31.1. The highest BCUT2D eigenvalue weighted by molar-refractivity contribution is 6.42. The summed E-state index contributed by atoms with van der Waals surface area (Å²) in [6.45, 7) is 16.6. The Hall–Kier alpha value is -10.6. The van der Waals surface area contributed by atoms with Crippen molar-refractivity contribution in [3.8, 4) is 0 Å². The first-order chi connectivity index (χ1) is 57.2. The van der Waals surface area contributed by atoms with Gasteiger partial charge >= 0.3 is 0 Å². The summed E-state index contributed by atoms with van der Waals surface area (Å²) in [4.78, 5) is 79.5. The van der Waals surface area contributed by atoms with Crippen molar-refractivity contribution >= 4 is 74.2 Å². The van der Waals surface area contributed by atoms with Crippen molar-refractivity contribution in [3.63, 3.8) is 0 Å². The van der Waals surface area contributed by atoms with Gasteiger partial charge in [0.15, 0.2) is 17.3 Å². The molecule has 4 unspecified atom stereocenters. The van der Waals surface area contributed by atoms with Crippen LogP contribution in [0.1, 0.15) is 182 Å². The lowest BCUT2D eigenvalue weighted by Crippen LogP contribution is -2.45. The van der Waals surface area contributed by atoms with E-state index >= 15 is 0 Å². The third-order valence-electron chi connectivity index (χ3n) is 23.0. The summed E-state index contributed by atoms with van der Waals surface area (Å²) in [5.41, 5.74) is 24.9. The molecule has 3 N–H and O–H groups in total. The highest BCUT2D eigenvalue weighted by atomic mass is 35.5. The number of carbonyl (C=O) groups is 3. The summed E-state index contributed by atoms with van der Waals surface area (Å²) in [7, 11) is 3.91. The van der Waals surface area contributed by atoms with Gasteiger partial charge < -0.3 is 24.5 Å². The summed E-state index contributed by atoms with van der Waals surface area (Å²) in [6.07, 6.45) is 17.6. The number of methoxy groups -OCH3 is 1. The smallest absolute Gasteiger partial charge is 0.270 e. The zero-order valence-corrected chi connectivity index (χ0v) is 69.4. The maximum atomic E-state index is 12.4. The number of hydrogen-bond donors (Lipinski definition) is 3. The standard InChI is InChI=1S/C29H33N3O.C26H33N3O2.C23H25ClN2O.C21H20N4O/c1-3-26-28(33)20-25-19-24(15-16-27(25)31-26)29(23-13-8-5-9-14-23)30-17-10-18-32(2)21-22-11-6-4-7-12-22;1-3-23-25(30)18-22-17-21(9-10-24(22)28-23)26(19-7-5-4-6-8-19)20-11-14-29(15-12-20)27-13-16-31-2;1-2-20-22(27)15-18-14-17(8-11-21(18)25-20)23(26-12-4-3-5-13-26)16-6-9-19(24)10-7-16;1-2-17-21(26)24-19-12-15(8-9-18(19)23-17)13-20(25-11-10-22-14-25)16-6-4-3-5-7-16/h4-9,11-16,19,29-30H,3,10,17-18,20-21H2,1-2H3;4-10,17,20,26-27H,3,11-16,18H2,1-2H3;6-11,14,23H,2-5,12-13,15H2,1H3;3-12,14,20H,2,13H2,1H3,(H,24,26). The number of aromatic amines is 1. The van der Waals surface area contributed by atoms with Crippen LogP contribution in [0.15, 0.2) is 257 Å². The van der Waals surface area contributed by atoms with E-state index in [1.54, 1.807) is 13.3 Å². The fourth-order valence-electron chi connectivity index (χ4n) is 16.8. The molecular formula is C99H111ClN12O5. The van der Waals surface area contributed by atoms with Gasteiger partial charge in [-0.2, -0.15) is 0 Å². The van der Waals surface area contributed by atoms with E-state index in [1.165, 1.54) is 63.8 Å². The van der Waals surface area contributed by atoms with E-state index in [0.29, 0.717) is 79.6 Å². The van der Waals surface area contributed by atoms with E-state index in [0.717, 1.165) is 140 Å². The Morgan fingerprint density at radius 3 is 1.65 bits per heavy atom. The molecule has 2 fully saturated rings. The van der Waals surface area contributed by atoms with Crippen LogP contribution in [0.3, 0.4) is 0 Å². The van der Waals surface area contributed by atoms with Crippen molar-refractivity contribution in [2.75, 3.05) is 66.6 Å². The number of fused-ring (bicyclic) bond motifs is 4. The van der Waals surface area contributed by atoms with Crippen molar-refractivity contribution in [1.82, 2.24) is 45.1 Å². The summed E-state index contributed by atoms with van der Waals surface area (Å²) in [6, 6.07) is 76.4. The van der Waals surface area contributed by atoms with Gasteiger partial charge in [0.2, 0.25) is 0 Å². The number of nitrogens with one attached hydrogen (secondary N) is 3. The van der Waals surface area contributed by atoms with Crippen molar-refractivity contribution < 1.29 is 19.1 Å². The lowest BCUT2D eigenvalue weighted by atomic mass is 9.75. The van der Waals surface area contributed by atoms with Crippen LogP contribution in [0.2, 0.25) is 5.02 Å². The van der Waals surface area contributed by atoms with E-state index in [4.69, 9.17) is 16.3 Å². The number of halogens is 1. The van der Waals surface area contributed by atoms with Crippen LogP contribution in [0.4, 0.5) is 17.1 Å². The molecule has 117 heavy (non-hydrogen) atoms. The van der Waals surface area contributed by atoms with Gasteiger partial charge in [-0.25, -0.2) is 30.0 Å². The Morgan fingerprint density at radius 2 is 1.09 bits per heavy atom. The second-order valence-corrected chi connectivity index (χ2v) is 31.5. The number of Topliss-reactive ketones (excluding diaryl/α,β-unsaturated/α-hetero) is 3. The van der Waals surface area contributed by atoms with E-state index in [-0.39, 0.29) is 41.0 Å². The Labute approximate surface area is 694 Å². The third kappa shape index (κ3) is 22.4. The number of hydrogen-bond acceptors (Lipinski definition) is 15. The minimum atomic E-state index is -0.105. The fraction of sp³-hybridized carbons (Fsp3) is 0.343. The van der Waals surface area contributed by atoms with Gasteiger partial charge in [-0.05, 0) is 213 Å². The first-order valence-electron chi connectivity index (χ1n) is 42.0. The van der Waals surface area contributed by atoms with Gasteiger partial charge in [0.05, 0.1) is 76.3 Å². The minimum absolute atomic E-state index is 0.0857. The molecule has 17 nitrogen and oxygen atoms in total. The molecule has 0 aliphatic carbocycles. The number of piperidine rings is 2. The van der Waals surface area contributed by atoms with Crippen molar-refractivity contribution in [2.24, 2.45) is 20.9 Å². The number of ether oxygens (including phenoxy) is 1. The number of rotatable bonds is 27. The first kappa shape index (κ1) is 84.3. The maximum Gasteiger partial charge on any atom is 0.270 e. The molecule has 604 valence electrons. The normalized spacial score (nSPS) is 16.0. The topological polar surface area (TPSA) is 195 Å². The number of benzene rings is 9. The number of aromatic nitrogens is 4. The molecule has 2 saturated heterocycles. The van der Waals surface area contributed by atoms with Crippen LogP contribution < -0.4 is 16.3 Å². The number of nitrogens with zero attached hydrogens (tertiary/aromatic N) is 9. The molecule has 0 bridgehead atoms. The number of aryl methyl sites for hydroxylation is 1. The van der Waals surface area contributed by atoms with Crippen molar-refractivity contribution in [1.29, 1.82) is 0 Å². The first-order valence-corrected chi connectivity index (χ1v) is 42.4. The summed E-state index contributed by atoms with van der Waals surface area (Å²) in [5.74, 6) is 1.36. The Kier molecular flexibility index (Phi) is 30.3. The molecule has 5 aliphatic heterocycles. The quantitative estimate of drug-likeness (QED) is 0.0413. The average Bonchev–Trinajstić information content (AvgIpc) is 1.22. The Bertz CT molecular complexity index is 5260. The number of H-pyrrole nitrogens is 1. The molecule has 5 aliphatic rings. The summed E-state index contributed by atoms with van der Waals surface area (Å²) < 4.78 is 7.26. The monoisotopic (exact) mass is 1580 g/mol. The van der Waals surface area contributed by atoms with Crippen LogP contribution in [-0.4, -0.2) is 135 Å². The SMILES string of the molecule is CCC1=Nc2ccc(C(NCCCN(C)Cc3ccccc3)c3ccccc3)cc2CC1=O.CCC1=Nc2ccc(C(c3ccc(Cl)cc3)N3CCCCC3)cc2CC1=O.CCC1=Nc2ccc(C(c3ccccc3)C3CCN(NCCOC)CC3)cc2CC1=O.CCc1nc2ccc(CC(c3ccccc3)n3ccnc3)cc2[nH]c1=O. The van der Waals surface area contributed by atoms with Gasteiger partial charge in [-0.1, -0.05) is 222 Å². The van der Waals surface area contributed by atoms with Gasteiger partial charge in [0.25, 0.3) is 5.56 Å². The number of likely N-dealkylation sites (tertiary alicyclic amines) is 1. The largest absolute Gasteiger partial charge is 0.383 e. The van der Waals surface area contributed by atoms with E-state index < -0.39 is 0 Å². The third-order valence-corrected chi connectivity index (χ3v) is 23.3. The second kappa shape index (κ2) is 42.0. The summed E-state index contributed by atoms with van der Waals surface area (Å²) >= 11 is 6.12. The van der Waals surface area contributed by atoms with Gasteiger partial charge in [-0.3, -0.25) is 29.5 Å². The molecule has 0 saturated carbocycles. The molecule has 2 aromatic heterocycles. The van der Waals surface area contributed by atoms with Crippen molar-refractivity contribution in [3.05, 3.63) is 325 Å². The van der Waals surface area contributed by atoms with Crippen LogP contribution in [0.25, 0.3) is 11.0 Å². The van der Waals surface area contributed by atoms with Gasteiger partial charge in [0, 0.05) is 75.9 Å². The van der Waals surface area contributed by atoms with E-state index in [1.807, 2.05) is 88.8 Å². The molecule has 9 aromatic carbocycles. The number of hydrazine groups is 1. The predicted molar refractivity (Wildman–Crippen MR) is 475 cm³/mol. The van der Waals surface area contributed by atoms with Crippen LogP contribution in [-0.2, 0) is 57.8 Å². The number of imidazole rings is 1. The summed E-state index contributed by atoms with van der Waals surface area (Å²) in [5, 5.41) is 6.84. The molecular weight excluding hydrogens is 1470 g/mol. The highest BCUT2D eigenvalue weighted by Gasteiger charge is 2.32. The van der Waals surface area contributed by atoms with E-state index in [9.17, 15) is 19.2 Å². The average molecular weight is 1580 g/mol. The van der Waals surface area contributed by atoms with Crippen LogP contribution in [0.5, 0.6) is 0 Å². The zero-order chi connectivity index (χ0) is 81.4. The molecule has 0 amide bonds. The molecule has 0 radical (unpaired) electrons. The van der Waals surface area contributed by atoms with Crippen molar-refractivity contribution in [2.45, 2.75) is 148 Å². The molecule has 4 atom stereocenters. The molecule has 16 rings (SSSR count). The molecule has 7 heterocycles. The van der Waals surface area contributed by atoms with Gasteiger partial charge in [0.1, 0.15) is 5.69 Å². The highest BCUT2D eigenvalue weighted by Crippen LogP contribution is 2.42. The van der Waals surface area contributed by atoms with E-state index in [2.05, 4.69) is 237 Å². The lowest BCUT2D eigenvalue weighted by molar-refractivity contribution is -0.113. The number of aliphatic imine (C=N–C) groups is 3. The molecule has 18 heteroatoms. The zero-order valence-electron chi connectivity index (χ0n) is 68.6. The Balaban J connectivity index is 0.000000136. The Morgan fingerprint density at radius 1 is 0.547 bits per heavy atom. The predicted octanol–water partition coefficient (Wildman–Crippen LogP) is 18.8. The number of ketones is 3. The van der Waals surface area contributed by atoms with Crippen LogP contribution in [0, 0.1) is 5.92 Å². The fourth-order valence-corrected chi connectivity index (χ4v) is 17.0.